The number of hydrogen-bond donors (Lipinski definition) is 4. The van der Waals surface area contributed by atoms with Gasteiger partial charge in [-0.3, -0.25) is 9.59 Å². The molecule has 4 N–H and O–H groups in total. The van der Waals surface area contributed by atoms with Crippen molar-refractivity contribution in [2.24, 2.45) is 0 Å². The zero-order valence-corrected chi connectivity index (χ0v) is 30.9. The summed E-state index contributed by atoms with van der Waals surface area (Å²) in [4.78, 5) is 25.1. The molecular weight excluding hydrogens is 628 g/mol. The van der Waals surface area contributed by atoms with Gasteiger partial charge in [0.25, 0.3) is 0 Å². The smallest absolute Gasteiger partial charge is 0.306 e. The Kier molecular flexibility index (Phi) is 28.9. The van der Waals surface area contributed by atoms with Gasteiger partial charge in [0.05, 0.1) is 13.2 Å². The molecule has 1 rings (SSSR count). The maximum atomic E-state index is 12.7. The highest BCUT2D eigenvalue weighted by molar-refractivity contribution is 5.70. The lowest BCUT2D eigenvalue weighted by atomic mass is 9.99. The first kappa shape index (κ1) is 45.5. The number of unbranched alkanes of at least 4 members (excludes halogenated alkanes) is 19. The van der Waals surface area contributed by atoms with Crippen molar-refractivity contribution in [2.75, 3.05) is 19.8 Å². The lowest BCUT2D eigenvalue weighted by Gasteiger charge is -2.39. The van der Waals surface area contributed by atoms with Gasteiger partial charge in [-0.1, -0.05) is 129 Å². The average molecular weight is 701 g/mol. The second kappa shape index (κ2) is 31.2. The number of carbonyl (C=O) groups excluding carboxylic acids is 2. The van der Waals surface area contributed by atoms with E-state index in [1.807, 2.05) is 0 Å². The van der Waals surface area contributed by atoms with Crippen molar-refractivity contribution in [3.63, 3.8) is 0 Å². The Bertz CT molecular complexity index is 820. The van der Waals surface area contributed by atoms with Crippen molar-refractivity contribution in [3.05, 3.63) is 12.2 Å². The summed E-state index contributed by atoms with van der Waals surface area (Å²) in [5, 5.41) is 39.9. The maximum Gasteiger partial charge on any atom is 0.306 e. The summed E-state index contributed by atoms with van der Waals surface area (Å²) >= 11 is 0. The van der Waals surface area contributed by atoms with Gasteiger partial charge in [-0.25, -0.2) is 0 Å². The van der Waals surface area contributed by atoms with Crippen molar-refractivity contribution in [1.29, 1.82) is 0 Å². The summed E-state index contributed by atoms with van der Waals surface area (Å²) in [7, 11) is 0. The van der Waals surface area contributed by atoms with Crippen LogP contribution in [-0.4, -0.2) is 89.0 Å². The molecule has 10 nitrogen and oxygen atoms in total. The van der Waals surface area contributed by atoms with Gasteiger partial charge in [0.15, 0.2) is 12.4 Å². The van der Waals surface area contributed by atoms with E-state index in [9.17, 15) is 30.0 Å². The Morgan fingerprint density at radius 2 is 1.08 bits per heavy atom. The summed E-state index contributed by atoms with van der Waals surface area (Å²) in [6, 6.07) is 0. The van der Waals surface area contributed by atoms with Crippen molar-refractivity contribution in [3.8, 4) is 0 Å². The summed E-state index contributed by atoms with van der Waals surface area (Å²) in [6.07, 6.45) is 22.3. The molecule has 0 bridgehead atoms. The first-order chi connectivity index (χ1) is 23.8. The topological polar surface area (TPSA) is 152 Å². The third kappa shape index (κ3) is 23.5. The molecule has 0 spiro atoms. The highest BCUT2D eigenvalue weighted by Crippen LogP contribution is 2.22. The van der Waals surface area contributed by atoms with E-state index < -0.39 is 49.4 Å². The molecule has 1 aliphatic heterocycles. The molecule has 0 aromatic heterocycles. The third-order valence-electron chi connectivity index (χ3n) is 9.15. The fourth-order valence-corrected chi connectivity index (χ4v) is 5.95. The molecule has 10 heteroatoms. The van der Waals surface area contributed by atoms with Crippen LogP contribution in [0.3, 0.4) is 0 Å². The molecular formula is C39H72O10. The SMILES string of the molecule is CCCCCCCC/C=C/CCCCCCCC(=O)O[C@H](COC(=O)CCCCCCCCCCC)CO[C@@H]1O[C@H](CO)[C@H](O)C(O)C1O. The summed E-state index contributed by atoms with van der Waals surface area (Å²) < 4.78 is 22.0. The van der Waals surface area contributed by atoms with E-state index in [1.54, 1.807) is 0 Å². The van der Waals surface area contributed by atoms with E-state index in [0.29, 0.717) is 6.42 Å². The first-order valence-electron chi connectivity index (χ1n) is 19.8. The molecule has 6 atom stereocenters. The standard InChI is InChI=1S/C39H72O10/c1-3-5-7-9-11-13-14-15-16-17-18-20-22-24-26-28-35(42)48-32(31-47-39-38(45)37(44)36(43)33(29-40)49-39)30-46-34(41)27-25-23-21-19-12-10-8-6-4-2/h15-16,32-33,36-40,43-45H,3-14,17-31H2,1-2H3/b16-15+/t32-,33-,36+,37?,38?,39-/m1/s1. The Morgan fingerprint density at radius 1 is 0.612 bits per heavy atom. The molecule has 0 saturated carbocycles. The predicted molar refractivity (Wildman–Crippen MR) is 192 cm³/mol. The van der Waals surface area contributed by atoms with Crippen LogP contribution in [0.4, 0.5) is 0 Å². The number of hydrogen-bond acceptors (Lipinski definition) is 10. The fraction of sp³-hybridized carbons (Fsp3) is 0.897. The number of aliphatic hydroxyl groups excluding tert-OH is 4. The van der Waals surface area contributed by atoms with Crippen LogP contribution in [0.5, 0.6) is 0 Å². The van der Waals surface area contributed by atoms with E-state index in [-0.39, 0.29) is 32.0 Å². The summed E-state index contributed by atoms with van der Waals surface area (Å²) in [6.45, 7) is 3.37. The molecule has 1 saturated heterocycles. The van der Waals surface area contributed by atoms with Gasteiger partial charge in [-0.2, -0.15) is 0 Å². The van der Waals surface area contributed by atoms with Crippen LogP contribution in [0.25, 0.3) is 0 Å². The van der Waals surface area contributed by atoms with Crippen LogP contribution in [0.2, 0.25) is 0 Å². The van der Waals surface area contributed by atoms with Crippen LogP contribution >= 0.6 is 0 Å². The van der Waals surface area contributed by atoms with Crippen LogP contribution < -0.4 is 0 Å². The van der Waals surface area contributed by atoms with Crippen LogP contribution in [0, 0.1) is 0 Å². The number of aliphatic hydroxyl groups is 4. The van der Waals surface area contributed by atoms with Crippen LogP contribution in [0.15, 0.2) is 12.2 Å². The lowest BCUT2D eigenvalue weighted by Crippen LogP contribution is -2.59. The van der Waals surface area contributed by atoms with Gasteiger partial charge in [0.2, 0.25) is 0 Å². The zero-order valence-electron chi connectivity index (χ0n) is 30.9. The lowest BCUT2D eigenvalue weighted by molar-refractivity contribution is -0.305. The van der Waals surface area contributed by atoms with Gasteiger partial charge in [0.1, 0.15) is 31.0 Å². The van der Waals surface area contributed by atoms with E-state index >= 15 is 0 Å². The second-order valence-corrected chi connectivity index (χ2v) is 13.7. The van der Waals surface area contributed by atoms with E-state index in [0.717, 1.165) is 51.4 Å². The molecule has 1 fully saturated rings. The Balaban J connectivity index is 2.38. The predicted octanol–water partition coefficient (Wildman–Crippen LogP) is 7.22. The van der Waals surface area contributed by atoms with Crippen LogP contribution in [-0.2, 0) is 28.5 Å². The Labute approximate surface area is 297 Å². The maximum absolute atomic E-state index is 12.7. The normalized spacial score (nSPS) is 21.6. The highest BCUT2D eigenvalue weighted by Gasteiger charge is 2.44. The molecule has 288 valence electrons. The van der Waals surface area contributed by atoms with E-state index in [1.165, 1.54) is 83.5 Å². The van der Waals surface area contributed by atoms with Gasteiger partial charge in [0, 0.05) is 12.8 Å². The van der Waals surface area contributed by atoms with Crippen LogP contribution in [0.1, 0.15) is 168 Å². The Morgan fingerprint density at radius 3 is 1.59 bits per heavy atom. The number of ether oxygens (including phenoxy) is 4. The van der Waals surface area contributed by atoms with Crippen molar-refractivity contribution >= 4 is 11.9 Å². The molecule has 1 aliphatic rings. The molecule has 1 heterocycles. The highest BCUT2D eigenvalue weighted by atomic mass is 16.7. The minimum Gasteiger partial charge on any atom is -0.462 e. The molecule has 0 aromatic carbocycles. The minimum atomic E-state index is -1.59. The first-order valence-corrected chi connectivity index (χ1v) is 19.8. The number of rotatable bonds is 32. The van der Waals surface area contributed by atoms with Crippen molar-refractivity contribution < 1.29 is 49.0 Å². The summed E-state index contributed by atoms with van der Waals surface area (Å²) in [5.41, 5.74) is 0. The quantitative estimate of drug-likeness (QED) is 0.0322. The molecule has 0 amide bonds. The van der Waals surface area contributed by atoms with Crippen molar-refractivity contribution in [1.82, 2.24) is 0 Å². The van der Waals surface area contributed by atoms with Gasteiger partial charge in [-0.05, 0) is 38.5 Å². The Hall–Kier alpha value is -1.56. The van der Waals surface area contributed by atoms with Gasteiger partial charge in [-0.15, -0.1) is 0 Å². The van der Waals surface area contributed by atoms with E-state index in [2.05, 4.69) is 26.0 Å². The average Bonchev–Trinajstić information content (AvgIpc) is 3.10. The molecule has 49 heavy (non-hydrogen) atoms. The monoisotopic (exact) mass is 701 g/mol. The number of allylic oxidation sites excluding steroid dienone is 2. The molecule has 0 aliphatic carbocycles. The fourth-order valence-electron chi connectivity index (χ4n) is 5.95. The van der Waals surface area contributed by atoms with Gasteiger partial charge >= 0.3 is 11.9 Å². The van der Waals surface area contributed by atoms with Gasteiger partial charge < -0.3 is 39.4 Å². The minimum absolute atomic E-state index is 0.216. The molecule has 0 radical (unpaired) electrons. The number of esters is 2. The van der Waals surface area contributed by atoms with Crippen molar-refractivity contribution in [2.45, 2.75) is 205 Å². The molecule has 2 unspecified atom stereocenters. The van der Waals surface area contributed by atoms with E-state index in [4.69, 9.17) is 18.9 Å². The third-order valence-corrected chi connectivity index (χ3v) is 9.15. The molecule has 0 aromatic rings. The largest absolute Gasteiger partial charge is 0.462 e. The summed E-state index contributed by atoms with van der Waals surface area (Å²) in [5.74, 6) is -0.816. The number of carbonyl (C=O) groups is 2. The zero-order chi connectivity index (χ0) is 36.0. The second-order valence-electron chi connectivity index (χ2n) is 13.7.